The molecule has 0 heterocycles. The highest BCUT2D eigenvalue weighted by molar-refractivity contribution is 5.84. The smallest absolute Gasteiger partial charge is 0.0369 e. The lowest BCUT2D eigenvalue weighted by molar-refractivity contribution is 0.659. The van der Waals surface area contributed by atoms with Crippen LogP contribution in [0.1, 0.15) is 44.4 Å². The van der Waals surface area contributed by atoms with Crippen LogP contribution >= 0.6 is 0 Å². The first-order valence-corrected chi connectivity index (χ1v) is 8.74. The van der Waals surface area contributed by atoms with Gasteiger partial charge in [0.15, 0.2) is 0 Å². The summed E-state index contributed by atoms with van der Waals surface area (Å²) < 4.78 is 0. The van der Waals surface area contributed by atoms with Crippen LogP contribution in [0.3, 0.4) is 0 Å². The second kappa shape index (κ2) is 6.27. The van der Waals surface area contributed by atoms with Crippen LogP contribution in [0, 0.1) is 5.41 Å². The number of rotatable bonds is 5. The lowest BCUT2D eigenvalue weighted by atomic mass is 9.82. The van der Waals surface area contributed by atoms with Crippen LogP contribution in [0.2, 0.25) is 0 Å². The normalized spacial score (nSPS) is 14.5. The quantitative estimate of drug-likeness (QED) is 0.724. The Morgan fingerprint density at radius 3 is 2.21 bits per heavy atom. The third-order valence-corrected chi connectivity index (χ3v) is 5.20. The Balaban J connectivity index is 2.11. The first-order valence-electron chi connectivity index (χ1n) is 8.74. The third kappa shape index (κ3) is 2.56. The summed E-state index contributed by atoms with van der Waals surface area (Å²) in [5.74, 6) is 0. The molecule has 0 fully saturated rings. The van der Waals surface area contributed by atoms with Gasteiger partial charge in [0.2, 0.25) is 0 Å². The molecule has 0 saturated carbocycles. The molecule has 1 aliphatic carbocycles. The molecule has 0 amide bonds. The van der Waals surface area contributed by atoms with Crippen molar-refractivity contribution in [2.75, 3.05) is 18.0 Å². The van der Waals surface area contributed by atoms with Gasteiger partial charge in [0.25, 0.3) is 0 Å². The lowest BCUT2D eigenvalue weighted by Crippen LogP contribution is -2.22. The molecule has 3 rings (SSSR count). The van der Waals surface area contributed by atoms with E-state index in [0.29, 0.717) is 0 Å². The largest absolute Gasteiger partial charge is 0.372 e. The SMILES string of the molecule is CCN(CC)c1ccc2c(c1)C(C)(C)c1cc(/C=C/C=N)ccc1-2. The standard InChI is InChI=1S/C22H26N2/c1-5-24(6-2)17-10-12-19-18-11-9-16(8-7-13-23)14-20(18)22(3,4)21(19)15-17/h7-15,23H,5-6H2,1-4H3/b8-7+,23-13?. The molecule has 0 saturated heterocycles. The molecule has 0 spiro atoms. The van der Waals surface area contributed by atoms with Gasteiger partial charge in [-0.05, 0) is 59.9 Å². The highest BCUT2D eigenvalue weighted by Gasteiger charge is 2.35. The minimum absolute atomic E-state index is 0.00234. The molecule has 124 valence electrons. The van der Waals surface area contributed by atoms with Crippen LogP contribution < -0.4 is 4.90 Å². The van der Waals surface area contributed by atoms with E-state index in [0.717, 1.165) is 18.7 Å². The minimum atomic E-state index is 0.00234. The molecule has 1 N–H and O–H groups in total. The van der Waals surface area contributed by atoms with E-state index in [-0.39, 0.29) is 5.41 Å². The molecule has 0 radical (unpaired) electrons. The summed E-state index contributed by atoms with van der Waals surface area (Å²) in [6.45, 7) is 11.1. The fraction of sp³-hybridized carbons (Fsp3) is 0.318. The fourth-order valence-electron chi connectivity index (χ4n) is 3.79. The molecule has 2 aromatic rings. The molecule has 0 aromatic heterocycles. The van der Waals surface area contributed by atoms with Crippen LogP contribution in [0.25, 0.3) is 17.2 Å². The molecule has 0 aliphatic heterocycles. The van der Waals surface area contributed by atoms with Gasteiger partial charge in [-0.1, -0.05) is 44.2 Å². The Morgan fingerprint density at radius 2 is 1.58 bits per heavy atom. The predicted molar refractivity (Wildman–Crippen MR) is 105 cm³/mol. The number of fused-ring (bicyclic) bond motifs is 3. The monoisotopic (exact) mass is 318 g/mol. The van der Waals surface area contributed by atoms with Gasteiger partial charge in [-0.3, -0.25) is 0 Å². The molecule has 0 atom stereocenters. The average molecular weight is 318 g/mol. The van der Waals surface area contributed by atoms with Crippen LogP contribution in [-0.2, 0) is 5.41 Å². The van der Waals surface area contributed by atoms with Crippen LogP contribution in [0.5, 0.6) is 0 Å². The molecular weight excluding hydrogens is 292 g/mol. The van der Waals surface area contributed by atoms with E-state index < -0.39 is 0 Å². The zero-order valence-corrected chi connectivity index (χ0v) is 15.1. The maximum Gasteiger partial charge on any atom is 0.0369 e. The van der Waals surface area contributed by atoms with Crippen molar-refractivity contribution < 1.29 is 0 Å². The van der Waals surface area contributed by atoms with E-state index in [4.69, 9.17) is 5.41 Å². The topological polar surface area (TPSA) is 27.1 Å². The van der Waals surface area contributed by atoms with E-state index >= 15 is 0 Å². The molecule has 2 heteroatoms. The van der Waals surface area contributed by atoms with Gasteiger partial charge in [0.1, 0.15) is 0 Å². The summed E-state index contributed by atoms with van der Waals surface area (Å²) in [7, 11) is 0. The summed E-state index contributed by atoms with van der Waals surface area (Å²) in [4.78, 5) is 2.40. The van der Waals surface area contributed by atoms with E-state index in [9.17, 15) is 0 Å². The Kier molecular flexibility index (Phi) is 4.31. The second-order valence-corrected chi connectivity index (χ2v) is 6.86. The van der Waals surface area contributed by atoms with E-state index in [1.807, 2.05) is 6.08 Å². The number of hydrogen-bond acceptors (Lipinski definition) is 2. The van der Waals surface area contributed by atoms with Crippen molar-refractivity contribution in [1.29, 1.82) is 5.41 Å². The second-order valence-electron chi connectivity index (χ2n) is 6.86. The molecular formula is C22H26N2. The van der Waals surface area contributed by atoms with Crippen molar-refractivity contribution in [1.82, 2.24) is 0 Å². The summed E-state index contributed by atoms with van der Waals surface area (Å²) in [6.07, 6.45) is 5.09. The third-order valence-electron chi connectivity index (χ3n) is 5.20. The first kappa shape index (κ1) is 16.5. The number of nitrogens with zero attached hydrogens (tertiary/aromatic N) is 1. The average Bonchev–Trinajstić information content (AvgIpc) is 2.82. The summed E-state index contributed by atoms with van der Waals surface area (Å²) in [5, 5.41) is 7.17. The number of benzene rings is 2. The van der Waals surface area contributed by atoms with Crippen LogP contribution in [-0.4, -0.2) is 19.3 Å². The Bertz CT molecular complexity index is 796. The minimum Gasteiger partial charge on any atom is -0.372 e. The van der Waals surface area contributed by atoms with Crippen molar-refractivity contribution >= 4 is 18.0 Å². The maximum absolute atomic E-state index is 7.17. The van der Waals surface area contributed by atoms with Gasteiger partial charge in [-0.15, -0.1) is 0 Å². The Morgan fingerprint density at radius 1 is 0.958 bits per heavy atom. The summed E-state index contributed by atoms with van der Waals surface area (Å²) in [6, 6.07) is 13.5. The molecule has 0 bridgehead atoms. The van der Waals surface area contributed by atoms with Crippen LogP contribution in [0.4, 0.5) is 5.69 Å². The van der Waals surface area contributed by atoms with Gasteiger partial charge in [-0.2, -0.15) is 0 Å². The van der Waals surface area contributed by atoms with Gasteiger partial charge in [0.05, 0.1) is 0 Å². The molecule has 0 unspecified atom stereocenters. The van der Waals surface area contributed by atoms with Crippen molar-refractivity contribution in [3.8, 4) is 11.1 Å². The van der Waals surface area contributed by atoms with Gasteiger partial charge in [-0.25, -0.2) is 0 Å². The highest BCUT2D eigenvalue weighted by atomic mass is 15.1. The van der Waals surface area contributed by atoms with Gasteiger partial charge >= 0.3 is 0 Å². The van der Waals surface area contributed by atoms with Crippen molar-refractivity contribution in [2.45, 2.75) is 33.1 Å². The van der Waals surface area contributed by atoms with Crippen LogP contribution in [0.15, 0.2) is 42.5 Å². The number of hydrogen-bond donors (Lipinski definition) is 1. The number of nitrogens with one attached hydrogen (secondary N) is 1. The molecule has 2 aromatic carbocycles. The molecule has 2 nitrogen and oxygen atoms in total. The fourth-order valence-corrected chi connectivity index (χ4v) is 3.79. The Labute approximate surface area is 145 Å². The summed E-state index contributed by atoms with van der Waals surface area (Å²) in [5.41, 5.74) is 7.95. The zero-order valence-electron chi connectivity index (χ0n) is 15.1. The number of anilines is 1. The lowest BCUT2D eigenvalue weighted by Gasteiger charge is -2.25. The predicted octanol–water partition coefficient (Wildman–Crippen LogP) is 5.50. The van der Waals surface area contributed by atoms with E-state index in [1.54, 1.807) is 6.08 Å². The van der Waals surface area contributed by atoms with Gasteiger partial charge in [0, 0.05) is 30.4 Å². The van der Waals surface area contributed by atoms with E-state index in [1.165, 1.54) is 34.2 Å². The molecule has 1 aliphatic rings. The van der Waals surface area contributed by atoms with Crippen molar-refractivity contribution in [3.05, 3.63) is 59.2 Å². The number of allylic oxidation sites excluding steroid dienone is 1. The maximum atomic E-state index is 7.17. The van der Waals surface area contributed by atoms with E-state index in [2.05, 4.69) is 69.0 Å². The first-order chi connectivity index (χ1) is 11.5. The Hall–Kier alpha value is -2.35. The van der Waals surface area contributed by atoms with Gasteiger partial charge < -0.3 is 10.3 Å². The molecule has 24 heavy (non-hydrogen) atoms. The van der Waals surface area contributed by atoms with Crippen molar-refractivity contribution in [3.63, 3.8) is 0 Å². The summed E-state index contributed by atoms with van der Waals surface area (Å²) >= 11 is 0. The zero-order chi connectivity index (χ0) is 17.3. The van der Waals surface area contributed by atoms with Crippen molar-refractivity contribution in [2.24, 2.45) is 0 Å². The highest BCUT2D eigenvalue weighted by Crippen LogP contribution is 2.49.